The Morgan fingerprint density at radius 3 is 2.04 bits per heavy atom. The lowest BCUT2D eigenvalue weighted by molar-refractivity contribution is -0.131. The lowest BCUT2D eigenvalue weighted by atomic mass is 10.0. The van der Waals surface area contributed by atoms with Crippen LogP contribution in [0, 0.1) is 11.8 Å². The minimum absolute atomic E-state index is 0.0554. The van der Waals surface area contributed by atoms with Crippen molar-refractivity contribution in [1.82, 2.24) is 10.6 Å². The Labute approximate surface area is 142 Å². The molecule has 0 aliphatic carbocycles. The third-order valence-electron chi connectivity index (χ3n) is 3.61. The molecule has 2 amide bonds. The van der Waals surface area contributed by atoms with Crippen molar-refractivity contribution in [2.24, 2.45) is 11.8 Å². The van der Waals surface area contributed by atoms with Crippen molar-refractivity contribution in [3.05, 3.63) is 29.8 Å². The van der Waals surface area contributed by atoms with Crippen molar-refractivity contribution in [1.29, 1.82) is 0 Å². The first-order valence-corrected chi connectivity index (χ1v) is 8.09. The maximum atomic E-state index is 12.4. The number of nitrogens with one attached hydrogen (secondary N) is 2. The summed E-state index contributed by atoms with van der Waals surface area (Å²) < 4.78 is 0. The Hall–Kier alpha value is -2.37. The SMILES string of the molecule is CC(C)C(=O)CNC(=O)[C@H](Cc1ccc(O)cc1)NC(=O)C(C)C. The zero-order valence-electron chi connectivity index (χ0n) is 14.6. The predicted octanol–water partition coefficient (Wildman–Crippen LogP) is 1.42. The normalized spacial score (nSPS) is 12.1. The molecule has 0 unspecified atom stereocenters. The fraction of sp³-hybridized carbons (Fsp3) is 0.500. The molecule has 0 aliphatic rings. The van der Waals surface area contributed by atoms with E-state index >= 15 is 0 Å². The summed E-state index contributed by atoms with van der Waals surface area (Å²) in [5.74, 6) is -0.978. The fourth-order valence-corrected chi connectivity index (χ4v) is 1.92. The number of aromatic hydroxyl groups is 1. The third-order valence-corrected chi connectivity index (χ3v) is 3.61. The Bertz CT molecular complexity index is 579. The van der Waals surface area contributed by atoms with Gasteiger partial charge in [0, 0.05) is 18.3 Å². The Morgan fingerprint density at radius 1 is 0.958 bits per heavy atom. The van der Waals surface area contributed by atoms with Gasteiger partial charge in [-0.05, 0) is 17.7 Å². The summed E-state index contributed by atoms with van der Waals surface area (Å²) in [6.45, 7) is 6.96. The molecule has 0 saturated carbocycles. The molecule has 3 N–H and O–H groups in total. The van der Waals surface area contributed by atoms with E-state index in [1.165, 1.54) is 12.1 Å². The molecule has 0 heterocycles. The van der Waals surface area contributed by atoms with Gasteiger partial charge in [-0.2, -0.15) is 0 Å². The van der Waals surface area contributed by atoms with Gasteiger partial charge in [0.05, 0.1) is 6.54 Å². The van der Waals surface area contributed by atoms with Crippen LogP contribution in [-0.4, -0.2) is 35.3 Å². The minimum atomic E-state index is -0.774. The van der Waals surface area contributed by atoms with E-state index in [9.17, 15) is 19.5 Å². The highest BCUT2D eigenvalue weighted by molar-refractivity contribution is 5.92. The zero-order valence-corrected chi connectivity index (χ0v) is 14.6. The number of phenolic OH excluding ortho intramolecular Hbond substituents is 1. The van der Waals surface area contributed by atoms with Crippen molar-refractivity contribution in [3.63, 3.8) is 0 Å². The number of hydrogen-bond acceptors (Lipinski definition) is 4. The molecule has 1 aromatic carbocycles. The second-order valence-corrected chi connectivity index (χ2v) is 6.43. The molecule has 132 valence electrons. The summed E-state index contributed by atoms with van der Waals surface area (Å²) in [7, 11) is 0. The van der Waals surface area contributed by atoms with Gasteiger partial charge in [-0.25, -0.2) is 0 Å². The molecule has 6 heteroatoms. The van der Waals surface area contributed by atoms with Crippen LogP contribution in [0.3, 0.4) is 0 Å². The largest absolute Gasteiger partial charge is 0.508 e. The lowest BCUT2D eigenvalue weighted by Crippen LogP contribution is -2.50. The first kappa shape index (κ1) is 19.7. The third kappa shape index (κ3) is 6.40. The van der Waals surface area contributed by atoms with E-state index in [1.807, 2.05) is 0 Å². The zero-order chi connectivity index (χ0) is 18.3. The number of Topliss-reactive ketones (excluding diaryl/α,β-unsaturated/α-hetero) is 1. The van der Waals surface area contributed by atoms with Crippen LogP contribution in [0.5, 0.6) is 5.75 Å². The van der Waals surface area contributed by atoms with Gasteiger partial charge >= 0.3 is 0 Å². The first-order valence-electron chi connectivity index (χ1n) is 8.09. The van der Waals surface area contributed by atoms with Crippen LogP contribution in [0.2, 0.25) is 0 Å². The molecule has 0 aromatic heterocycles. The van der Waals surface area contributed by atoms with Crippen molar-refractivity contribution in [3.8, 4) is 5.75 Å². The number of carbonyl (C=O) groups excluding carboxylic acids is 3. The van der Waals surface area contributed by atoms with E-state index in [1.54, 1.807) is 39.8 Å². The lowest BCUT2D eigenvalue weighted by Gasteiger charge is -2.20. The van der Waals surface area contributed by atoms with Gasteiger partial charge in [0.25, 0.3) is 0 Å². The average molecular weight is 334 g/mol. The summed E-state index contributed by atoms with van der Waals surface area (Å²) in [6, 6.07) is 5.66. The highest BCUT2D eigenvalue weighted by Crippen LogP contribution is 2.12. The van der Waals surface area contributed by atoms with Gasteiger partial charge in [0.1, 0.15) is 11.8 Å². The van der Waals surface area contributed by atoms with E-state index in [0.717, 1.165) is 5.56 Å². The molecule has 1 rings (SSSR count). The van der Waals surface area contributed by atoms with E-state index in [4.69, 9.17) is 0 Å². The van der Waals surface area contributed by atoms with Crippen molar-refractivity contribution >= 4 is 17.6 Å². The maximum absolute atomic E-state index is 12.4. The van der Waals surface area contributed by atoms with Gasteiger partial charge in [-0.1, -0.05) is 39.8 Å². The summed E-state index contributed by atoms with van der Waals surface area (Å²) in [5.41, 5.74) is 0.798. The number of ketones is 1. The smallest absolute Gasteiger partial charge is 0.243 e. The highest BCUT2D eigenvalue weighted by atomic mass is 16.3. The number of hydrogen-bond donors (Lipinski definition) is 3. The Morgan fingerprint density at radius 2 is 1.54 bits per heavy atom. The van der Waals surface area contributed by atoms with Crippen LogP contribution in [0.4, 0.5) is 0 Å². The number of benzene rings is 1. The molecule has 1 aromatic rings. The molecule has 24 heavy (non-hydrogen) atoms. The van der Waals surface area contributed by atoms with Crippen molar-refractivity contribution in [2.45, 2.75) is 40.2 Å². The summed E-state index contributed by atoms with van der Waals surface area (Å²) in [5, 5.41) is 14.6. The molecule has 0 aliphatic heterocycles. The minimum Gasteiger partial charge on any atom is -0.508 e. The maximum Gasteiger partial charge on any atom is 0.243 e. The first-order chi connectivity index (χ1) is 11.2. The average Bonchev–Trinajstić information content (AvgIpc) is 2.53. The highest BCUT2D eigenvalue weighted by Gasteiger charge is 2.23. The molecule has 6 nitrogen and oxygen atoms in total. The van der Waals surface area contributed by atoms with Gasteiger partial charge < -0.3 is 15.7 Å². The molecule has 0 radical (unpaired) electrons. The second-order valence-electron chi connectivity index (χ2n) is 6.43. The molecule has 0 fully saturated rings. The number of amides is 2. The molecular formula is C18H26N2O4. The summed E-state index contributed by atoms with van der Waals surface area (Å²) in [4.78, 5) is 36.0. The van der Waals surface area contributed by atoms with E-state index < -0.39 is 11.9 Å². The quantitative estimate of drug-likeness (QED) is 0.670. The number of carbonyl (C=O) groups is 3. The van der Waals surface area contributed by atoms with E-state index in [0.29, 0.717) is 0 Å². The van der Waals surface area contributed by atoms with Crippen LogP contribution < -0.4 is 10.6 Å². The van der Waals surface area contributed by atoms with E-state index in [2.05, 4.69) is 10.6 Å². The summed E-state index contributed by atoms with van der Waals surface area (Å²) >= 11 is 0. The monoisotopic (exact) mass is 334 g/mol. The van der Waals surface area contributed by atoms with Crippen LogP contribution in [-0.2, 0) is 20.8 Å². The Balaban J connectivity index is 2.79. The summed E-state index contributed by atoms with van der Waals surface area (Å²) in [6.07, 6.45) is 0.278. The van der Waals surface area contributed by atoms with Crippen LogP contribution >= 0.6 is 0 Å². The second kappa shape index (κ2) is 9.05. The van der Waals surface area contributed by atoms with Gasteiger partial charge in [0.2, 0.25) is 11.8 Å². The molecular weight excluding hydrogens is 308 g/mol. The number of rotatable bonds is 8. The standard InChI is InChI=1S/C18H26N2O4/c1-11(2)16(22)10-19-18(24)15(20-17(23)12(3)4)9-13-5-7-14(21)8-6-13/h5-8,11-12,15,21H,9-10H2,1-4H3,(H,19,24)(H,20,23)/t15-/m0/s1. The van der Waals surface area contributed by atoms with Gasteiger partial charge in [-0.3, -0.25) is 14.4 Å². The van der Waals surface area contributed by atoms with Crippen LogP contribution in [0.25, 0.3) is 0 Å². The Kier molecular flexibility index (Phi) is 7.42. The van der Waals surface area contributed by atoms with Crippen LogP contribution in [0.15, 0.2) is 24.3 Å². The molecule has 1 atom stereocenters. The topological polar surface area (TPSA) is 95.5 Å². The van der Waals surface area contributed by atoms with E-state index in [-0.39, 0.29) is 42.2 Å². The molecule has 0 saturated heterocycles. The van der Waals surface area contributed by atoms with Gasteiger partial charge in [-0.15, -0.1) is 0 Å². The molecule has 0 bridgehead atoms. The van der Waals surface area contributed by atoms with Gasteiger partial charge in [0.15, 0.2) is 5.78 Å². The van der Waals surface area contributed by atoms with Crippen LogP contribution in [0.1, 0.15) is 33.3 Å². The molecule has 0 spiro atoms. The fourth-order valence-electron chi connectivity index (χ4n) is 1.92. The van der Waals surface area contributed by atoms with Crippen molar-refractivity contribution in [2.75, 3.05) is 6.54 Å². The van der Waals surface area contributed by atoms with Crippen molar-refractivity contribution < 1.29 is 19.5 Å². The predicted molar refractivity (Wildman–Crippen MR) is 91.4 cm³/mol. The number of phenols is 1.